The lowest BCUT2D eigenvalue weighted by Crippen LogP contribution is -2.21. The van der Waals surface area contributed by atoms with Crippen molar-refractivity contribution in [3.05, 3.63) is 42.5 Å². The molecule has 3 rings (SSSR count). The first-order chi connectivity index (χ1) is 10.3. The third-order valence-electron chi connectivity index (χ3n) is 4.38. The molecule has 2 aromatic rings. The lowest BCUT2D eigenvalue weighted by atomic mass is 9.82. The van der Waals surface area contributed by atoms with E-state index in [0.717, 1.165) is 24.9 Å². The Morgan fingerprint density at radius 2 is 2.29 bits per heavy atom. The van der Waals surface area contributed by atoms with Gasteiger partial charge in [-0.2, -0.15) is 5.10 Å². The smallest absolute Gasteiger partial charge is 0.137 e. The average molecular weight is 284 g/mol. The highest BCUT2D eigenvalue weighted by Crippen LogP contribution is 2.28. The van der Waals surface area contributed by atoms with Gasteiger partial charge >= 0.3 is 0 Å². The van der Waals surface area contributed by atoms with Crippen molar-refractivity contribution >= 4 is 5.69 Å². The fourth-order valence-corrected chi connectivity index (χ4v) is 3.29. The molecule has 2 unspecified atom stereocenters. The Kier molecular flexibility index (Phi) is 4.53. The van der Waals surface area contributed by atoms with Gasteiger partial charge in [0.1, 0.15) is 12.7 Å². The fraction of sp³-hybridized carbons (Fsp3) is 0.529. The lowest BCUT2D eigenvalue weighted by molar-refractivity contribution is 0.293. The maximum Gasteiger partial charge on any atom is 0.137 e. The molecular formula is C17H24N4. The van der Waals surface area contributed by atoms with Crippen molar-refractivity contribution in [3.8, 4) is 0 Å². The second-order valence-corrected chi connectivity index (χ2v) is 6.31. The van der Waals surface area contributed by atoms with Crippen LogP contribution in [-0.4, -0.2) is 21.3 Å². The summed E-state index contributed by atoms with van der Waals surface area (Å²) in [5, 5.41) is 7.76. The van der Waals surface area contributed by atoms with E-state index >= 15 is 0 Å². The van der Waals surface area contributed by atoms with Gasteiger partial charge in [0.2, 0.25) is 0 Å². The first-order valence-corrected chi connectivity index (χ1v) is 7.95. The maximum atomic E-state index is 4.15. The zero-order chi connectivity index (χ0) is 14.5. The van der Waals surface area contributed by atoms with Crippen molar-refractivity contribution in [1.82, 2.24) is 14.8 Å². The van der Waals surface area contributed by atoms with Crippen LogP contribution in [-0.2, 0) is 6.54 Å². The number of nitrogens with zero attached hydrogens (tertiary/aromatic N) is 3. The van der Waals surface area contributed by atoms with E-state index < -0.39 is 0 Å². The molecule has 21 heavy (non-hydrogen) atoms. The van der Waals surface area contributed by atoms with Crippen LogP contribution < -0.4 is 5.32 Å². The van der Waals surface area contributed by atoms with Crippen molar-refractivity contribution in [3.63, 3.8) is 0 Å². The largest absolute Gasteiger partial charge is 0.385 e. The quantitative estimate of drug-likeness (QED) is 0.913. The van der Waals surface area contributed by atoms with Gasteiger partial charge in [-0.05, 0) is 42.4 Å². The molecule has 1 aromatic heterocycles. The Labute approximate surface area is 126 Å². The Hall–Kier alpha value is -1.84. The van der Waals surface area contributed by atoms with Crippen LogP contribution >= 0.6 is 0 Å². The molecule has 0 saturated heterocycles. The topological polar surface area (TPSA) is 42.7 Å². The molecule has 1 aliphatic carbocycles. The van der Waals surface area contributed by atoms with Crippen LogP contribution in [0.2, 0.25) is 0 Å². The molecule has 0 aliphatic heterocycles. The Balaban J connectivity index is 1.55. The van der Waals surface area contributed by atoms with E-state index in [4.69, 9.17) is 0 Å². The van der Waals surface area contributed by atoms with E-state index in [2.05, 4.69) is 46.6 Å². The van der Waals surface area contributed by atoms with Crippen molar-refractivity contribution < 1.29 is 0 Å². The van der Waals surface area contributed by atoms with Crippen LogP contribution in [0, 0.1) is 11.8 Å². The van der Waals surface area contributed by atoms with Crippen LogP contribution in [0.5, 0.6) is 0 Å². The molecule has 1 aromatic carbocycles. The van der Waals surface area contributed by atoms with Crippen molar-refractivity contribution in [2.45, 2.75) is 39.2 Å². The van der Waals surface area contributed by atoms with Crippen LogP contribution in [0.25, 0.3) is 0 Å². The van der Waals surface area contributed by atoms with Gasteiger partial charge in [0.25, 0.3) is 0 Å². The summed E-state index contributed by atoms with van der Waals surface area (Å²) in [6, 6.07) is 8.61. The maximum absolute atomic E-state index is 4.15. The highest BCUT2D eigenvalue weighted by atomic mass is 15.3. The standard InChI is InChI=1S/C17H24N4/c1-14-4-2-5-15(8-14)10-19-17-7-3-6-16(9-17)11-21-13-18-12-20-21/h3,6-7,9,12-15,19H,2,4-5,8,10-11H2,1H3. The third-order valence-corrected chi connectivity index (χ3v) is 4.38. The van der Waals surface area contributed by atoms with Crippen molar-refractivity contribution in [1.29, 1.82) is 0 Å². The molecule has 0 radical (unpaired) electrons. The number of rotatable bonds is 5. The Bertz CT molecular complexity index is 550. The van der Waals surface area contributed by atoms with Gasteiger partial charge < -0.3 is 5.32 Å². The molecule has 1 N–H and O–H groups in total. The summed E-state index contributed by atoms with van der Waals surface area (Å²) in [5.41, 5.74) is 2.47. The van der Waals surface area contributed by atoms with Gasteiger partial charge in [-0.25, -0.2) is 9.67 Å². The van der Waals surface area contributed by atoms with Gasteiger partial charge in [0, 0.05) is 12.2 Å². The van der Waals surface area contributed by atoms with Gasteiger partial charge in [0.15, 0.2) is 0 Å². The summed E-state index contributed by atoms with van der Waals surface area (Å²) in [6.07, 6.45) is 8.86. The molecule has 1 aliphatic rings. The van der Waals surface area contributed by atoms with Crippen LogP contribution in [0.3, 0.4) is 0 Å². The number of aromatic nitrogens is 3. The molecule has 4 heteroatoms. The summed E-state index contributed by atoms with van der Waals surface area (Å²) >= 11 is 0. The summed E-state index contributed by atoms with van der Waals surface area (Å²) in [5.74, 6) is 1.72. The third kappa shape index (κ3) is 4.06. The summed E-state index contributed by atoms with van der Waals surface area (Å²) < 4.78 is 1.85. The SMILES string of the molecule is CC1CCCC(CNc2cccc(Cn3cncn3)c2)C1. The van der Waals surface area contributed by atoms with Crippen molar-refractivity contribution in [2.24, 2.45) is 11.8 Å². The first kappa shape index (κ1) is 14.1. The number of benzene rings is 1. The number of hydrogen-bond acceptors (Lipinski definition) is 3. The van der Waals surface area contributed by atoms with Crippen LogP contribution in [0.4, 0.5) is 5.69 Å². The number of hydrogen-bond donors (Lipinski definition) is 1. The van der Waals surface area contributed by atoms with E-state index in [1.54, 1.807) is 12.7 Å². The minimum atomic E-state index is 0.774. The van der Waals surface area contributed by atoms with Gasteiger partial charge in [-0.1, -0.05) is 31.9 Å². The molecule has 1 saturated carbocycles. The molecule has 0 amide bonds. The van der Waals surface area contributed by atoms with E-state index in [0.29, 0.717) is 0 Å². The summed E-state index contributed by atoms with van der Waals surface area (Å²) in [7, 11) is 0. The monoisotopic (exact) mass is 284 g/mol. The zero-order valence-electron chi connectivity index (χ0n) is 12.7. The van der Waals surface area contributed by atoms with Crippen LogP contribution in [0.1, 0.15) is 38.2 Å². The Morgan fingerprint density at radius 1 is 1.33 bits per heavy atom. The molecule has 4 nitrogen and oxygen atoms in total. The van der Waals surface area contributed by atoms with Gasteiger partial charge in [0.05, 0.1) is 6.54 Å². The predicted molar refractivity (Wildman–Crippen MR) is 85.2 cm³/mol. The number of anilines is 1. The second kappa shape index (κ2) is 6.74. The summed E-state index contributed by atoms with van der Waals surface area (Å²) in [6.45, 7) is 4.25. The zero-order valence-corrected chi connectivity index (χ0v) is 12.7. The Morgan fingerprint density at radius 3 is 3.10 bits per heavy atom. The highest BCUT2D eigenvalue weighted by Gasteiger charge is 2.18. The molecule has 0 bridgehead atoms. The molecule has 2 atom stereocenters. The molecule has 0 spiro atoms. The minimum absolute atomic E-state index is 0.774. The normalized spacial score (nSPS) is 22.1. The van der Waals surface area contributed by atoms with E-state index in [1.807, 2.05) is 4.68 Å². The average Bonchev–Trinajstić information content (AvgIpc) is 2.99. The minimum Gasteiger partial charge on any atom is -0.385 e. The fourth-order valence-electron chi connectivity index (χ4n) is 3.29. The molecular weight excluding hydrogens is 260 g/mol. The molecule has 112 valence electrons. The number of nitrogens with one attached hydrogen (secondary N) is 1. The summed E-state index contributed by atoms with van der Waals surface area (Å²) in [4.78, 5) is 3.98. The molecule has 1 fully saturated rings. The van der Waals surface area contributed by atoms with Gasteiger partial charge in [-0.3, -0.25) is 0 Å². The predicted octanol–water partition coefficient (Wildman–Crippen LogP) is 3.56. The van der Waals surface area contributed by atoms with E-state index in [1.165, 1.54) is 36.9 Å². The lowest BCUT2D eigenvalue weighted by Gasteiger charge is -2.27. The van der Waals surface area contributed by atoms with Crippen LogP contribution in [0.15, 0.2) is 36.9 Å². The van der Waals surface area contributed by atoms with Gasteiger partial charge in [-0.15, -0.1) is 0 Å². The molecule has 1 heterocycles. The van der Waals surface area contributed by atoms with Crippen molar-refractivity contribution in [2.75, 3.05) is 11.9 Å². The first-order valence-electron chi connectivity index (χ1n) is 7.95. The highest BCUT2D eigenvalue weighted by molar-refractivity contribution is 5.45. The van der Waals surface area contributed by atoms with E-state index in [-0.39, 0.29) is 0 Å². The van der Waals surface area contributed by atoms with E-state index in [9.17, 15) is 0 Å². The second-order valence-electron chi connectivity index (χ2n) is 6.31.